The van der Waals surface area contributed by atoms with Gasteiger partial charge in [-0.1, -0.05) is 78.3 Å². The summed E-state index contributed by atoms with van der Waals surface area (Å²) >= 11 is 0. The lowest BCUT2D eigenvalue weighted by atomic mass is 9.90. The summed E-state index contributed by atoms with van der Waals surface area (Å²) in [4.78, 5) is 0. The summed E-state index contributed by atoms with van der Waals surface area (Å²) in [6, 6.07) is 28.4. The van der Waals surface area contributed by atoms with Crippen molar-refractivity contribution in [3.05, 3.63) is 78.9 Å². The first-order valence-electron chi connectivity index (χ1n) is 7.30. The fourth-order valence-electron chi connectivity index (χ4n) is 3.01. The summed E-state index contributed by atoms with van der Waals surface area (Å²) in [5.74, 6) is 0. The number of rotatable bonds is 1. The molecule has 21 heavy (non-hydrogen) atoms. The van der Waals surface area contributed by atoms with Crippen LogP contribution in [0.5, 0.6) is 0 Å². The normalized spacial score (nSPS) is 11.0. The van der Waals surface area contributed by atoms with Gasteiger partial charge in [0.25, 0.3) is 0 Å². The first kappa shape index (κ1) is 12.2. The average Bonchev–Trinajstić information content (AvgIpc) is 2.53. The predicted molar refractivity (Wildman–Crippen MR) is 95.1 cm³/mol. The third-order valence-electron chi connectivity index (χ3n) is 4.10. The Morgan fingerprint density at radius 3 is 2.29 bits per heavy atom. The van der Waals surface area contributed by atoms with Crippen LogP contribution in [0.15, 0.2) is 78.9 Å². The minimum Gasteiger partial charge on any atom is -0.0883 e. The summed E-state index contributed by atoms with van der Waals surface area (Å²) < 4.78 is 0. The Hall–Kier alpha value is -2.54. The average molecular weight is 266 g/mol. The molecule has 0 bridgehead atoms. The molecule has 0 unspecified atom stereocenters. The molecule has 4 aromatic carbocycles. The molecular weight excluding hydrogens is 251 g/mol. The Kier molecular flexibility index (Phi) is 2.78. The van der Waals surface area contributed by atoms with Crippen molar-refractivity contribution in [1.29, 1.82) is 0 Å². The highest BCUT2D eigenvalue weighted by Gasteiger charge is 2.04. The van der Waals surface area contributed by atoms with Gasteiger partial charge in [-0.2, -0.15) is 0 Å². The molecule has 0 atom stereocenters. The lowest BCUT2D eigenvalue weighted by Gasteiger charge is -2.09. The van der Waals surface area contributed by atoms with Gasteiger partial charge in [-0.15, -0.1) is 0 Å². The van der Waals surface area contributed by atoms with Gasteiger partial charge in [0.15, 0.2) is 0 Å². The van der Waals surface area contributed by atoms with Crippen molar-refractivity contribution in [2.24, 2.45) is 0 Å². The first-order chi connectivity index (χ1) is 10.3. The van der Waals surface area contributed by atoms with Crippen LogP contribution in [0.1, 0.15) is 0 Å². The van der Waals surface area contributed by atoms with Crippen molar-refractivity contribution in [3.8, 4) is 11.1 Å². The van der Waals surface area contributed by atoms with Crippen molar-refractivity contribution in [2.75, 3.05) is 0 Å². The van der Waals surface area contributed by atoms with E-state index < -0.39 is 0 Å². The lowest BCUT2D eigenvalue weighted by molar-refractivity contribution is 1.69. The number of fused-ring (bicyclic) bond motifs is 2. The second-order valence-electron chi connectivity index (χ2n) is 5.59. The highest BCUT2D eigenvalue weighted by molar-refractivity contribution is 6.33. The molecule has 0 saturated heterocycles. The van der Waals surface area contributed by atoms with Crippen LogP contribution in [0.25, 0.3) is 32.7 Å². The Balaban J connectivity index is 1.99. The Labute approximate surface area is 125 Å². The van der Waals surface area contributed by atoms with Gasteiger partial charge in [0.1, 0.15) is 7.85 Å². The molecular formula is C20H15B. The van der Waals surface area contributed by atoms with Gasteiger partial charge >= 0.3 is 0 Å². The zero-order valence-electron chi connectivity index (χ0n) is 12.0. The van der Waals surface area contributed by atoms with Crippen molar-refractivity contribution in [3.63, 3.8) is 0 Å². The molecule has 1 heteroatoms. The summed E-state index contributed by atoms with van der Waals surface area (Å²) in [5.41, 5.74) is 3.89. The van der Waals surface area contributed by atoms with Gasteiger partial charge in [0, 0.05) is 0 Å². The fraction of sp³-hybridized carbons (Fsp3) is 0. The van der Waals surface area contributed by atoms with Crippen molar-refractivity contribution < 1.29 is 0 Å². The standard InChI is InChI=1S/C20H15B/c21-18-10-11-20-16(13-18)6-3-7-19(20)17-9-8-14-4-1-2-5-15(14)12-17/h1-13H,21H2. The molecule has 0 aliphatic heterocycles. The molecule has 0 nitrogen and oxygen atoms in total. The SMILES string of the molecule is Bc1ccc2c(-c3ccc4ccccc4c3)cccc2c1. The van der Waals surface area contributed by atoms with E-state index >= 15 is 0 Å². The molecule has 98 valence electrons. The molecule has 0 spiro atoms. The molecule has 0 aliphatic rings. The molecule has 0 saturated carbocycles. The predicted octanol–water partition coefficient (Wildman–Crippen LogP) is 3.92. The van der Waals surface area contributed by atoms with Crippen LogP contribution in [-0.4, -0.2) is 7.85 Å². The van der Waals surface area contributed by atoms with Crippen LogP contribution in [0.3, 0.4) is 0 Å². The Morgan fingerprint density at radius 1 is 0.571 bits per heavy atom. The van der Waals surface area contributed by atoms with Crippen LogP contribution in [-0.2, 0) is 0 Å². The summed E-state index contributed by atoms with van der Waals surface area (Å²) in [6.07, 6.45) is 0. The van der Waals surface area contributed by atoms with Gasteiger partial charge in [-0.05, 0) is 38.7 Å². The highest BCUT2D eigenvalue weighted by Crippen LogP contribution is 2.30. The maximum absolute atomic E-state index is 2.28. The smallest absolute Gasteiger partial charge is 0.0883 e. The van der Waals surface area contributed by atoms with E-state index in [0.717, 1.165) is 0 Å². The van der Waals surface area contributed by atoms with Crippen molar-refractivity contribution in [1.82, 2.24) is 0 Å². The minimum absolute atomic E-state index is 1.28. The molecule has 4 aromatic rings. The van der Waals surface area contributed by atoms with E-state index in [4.69, 9.17) is 0 Å². The Morgan fingerprint density at radius 2 is 1.38 bits per heavy atom. The van der Waals surface area contributed by atoms with E-state index in [2.05, 4.69) is 86.7 Å². The van der Waals surface area contributed by atoms with Crippen molar-refractivity contribution >= 4 is 34.9 Å². The minimum atomic E-state index is 1.28. The molecule has 0 radical (unpaired) electrons. The van der Waals surface area contributed by atoms with Crippen LogP contribution in [0.2, 0.25) is 0 Å². The van der Waals surface area contributed by atoms with E-state index in [-0.39, 0.29) is 0 Å². The molecule has 0 N–H and O–H groups in total. The van der Waals surface area contributed by atoms with E-state index in [0.29, 0.717) is 0 Å². The molecule has 0 heterocycles. The van der Waals surface area contributed by atoms with Gasteiger partial charge in [0.05, 0.1) is 0 Å². The second-order valence-corrected chi connectivity index (χ2v) is 5.59. The zero-order chi connectivity index (χ0) is 14.2. The van der Waals surface area contributed by atoms with Crippen LogP contribution in [0.4, 0.5) is 0 Å². The topological polar surface area (TPSA) is 0 Å². The van der Waals surface area contributed by atoms with Crippen LogP contribution < -0.4 is 5.46 Å². The Bertz CT molecular complexity index is 954. The van der Waals surface area contributed by atoms with Crippen LogP contribution >= 0.6 is 0 Å². The fourth-order valence-corrected chi connectivity index (χ4v) is 3.01. The molecule has 0 aliphatic carbocycles. The largest absolute Gasteiger partial charge is 0.139 e. The highest BCUT2D eigenvalue weighted by atomic mass is 14.1. The number of hydrogen-bond donors (Lipinski definition) is 0. The third kappa shape index (κ3) is 2.11. The van der Waals surface area contributed by atoms with E-state index in [1.807, 2.05) is 0 Å². The first-order valence-corrected chi connectivity index (χ1v) is 7.30. The van der Waals surface area contributed by atoms with E-state index in [1.54, 1.807) is 0 Å². The van der Waals surface area contributed by atoms with Gasteiger partial charge in [0.2, 0.25) is 0 Å². The monoisotopic (exact) mass is 266 g/mol. The quantitative estimate of drug-likeness (QED) is 0.458. The third-order valence-corrected chi connectivity index (χ3v) is 4.10. The zero-order valence-corrected chi connectivity index (χ0v) is 12.0. The van der Waals surface area contributed by atoms with E-state index in [1.165, 1.54) is 38.1 Å². The van der Waals surface area contributed by atoms with Crippen LogP contribution in [0, 0.1) is 0 Å². The van der Waals surface area contributed by atoms with E-state index in [9.17, 15) is 0 Å². The number of benzene rings is 4. The summed E-state index contributed by atoms with van der Waals surface area (Å²) in [6.45, 7) is 0. The maximum atomic E-state index is 2.28. The maximum Gasteiger partial charge on any atom is 0.139 e. The van der Waals surface area contributed by atoms with Crippen molar-refractivity contribution in [2.45, 2.75) is 0 Å². The van der Waals surface area contributed by atoms with Gasteiger partial charge in [-0.25, -0.2) is 0 Å². The van der Waals surface area contributed by atoms with Gasteiger partial charge in [-0.3, -0.25) is 0 Å². The summed E-state index contributed by atoms with van der Waals surface area (Å²) in [5, 5.41) is 5.20. The lowest BCUT2D eigenvalue weighted by Crippen LogP contribution is -1.99. The number of hydrogen-bond acceptors (Lipinski definition) is 0. The summed E-state index contributed by atoms with van der Waals surface area (Å²) in [7, 11) is 2.14. The molecule has 0 fully saturated rings. The molecule has 0 amide bonds. The second kappa shape index (κ2) is 4.78. The molecule has 0 aromatic heterocycles. The molecule has 4 rings (SSSR count). The van der Waals surface area contributed by atoms with Gasteiger partial charge < -0.3 is 0 Å².